The van der Waals surface area contributed by atoms with Crippen LogP contribution >= 0.6 is 0 Å². The molecule has 5 atom stereocenters. The number of aliphatic hydroxyl groups excluding tert-OH is 1. The van der Waals surface area contributed by atoms with Gasteiger partial charge in [-0.25, -0.2) is 4.79 Å². The fourth-order valence-corrected chi connectivity index (χ4v) is 3.33. The molecule has 0 saturated carbocycles. The summed E-state index contributed by atoms with van der Waals surface area (Å²) in [5, 5.41) is 36.5. The maximum absolute atomic E-state index is 13.2. The lowest BCUT2D eigenvalue weighted by Gasteiger charge is -2.27. The summed E-state index contributed by atoms with van der Waals surface area (Å²) in [5.74, 6) is -4.01. The lowest BCUT2D eigenvalue weighted by atomic mass is 10.0. The van der Waals surface area contributed by atoms with Crippen LogP contribution in [0.2, 0.25) is 0 Å². The number of rotatable bonds is 15. The predicted octanol–water partition coefficient (Wildman–Crippen LogP) is -2.11. The standard InChI is InChI=1S/C24H39N7O7/c1-12(2)18(25)21(35)30-17(11-14-6-8-15(33)9-7-14)20(34)31-19(13(3)32)22(36)29-16(23(37)38)5-4-10-28-24(26)27/h6-9,12-13,16-19,32-33H,4-5,10-11,25H2,1-3H3,(H,29,36)(H,30,35)(H,31,34)(H,37,38)(H4,26,27,28). The highest BCUT2D eigenvalue weighted by Crippen LogP contribution is 2.12. The number of aliphatic imine (C=N–C) groups is 1. The second-order valence-corrected chi connectivity index (χ2v) is 9.28. The molecule has 38 heavy (non-hydrogen) atoms. The van der Waals surface area contributed by atoms with Crippen LogP contribution in [0.4, 0.5) is 0 Å². The van der Waals surface area contributed by atoms with Gasteiger partial charge in [0.2, 0.25) is 17.7 Å². The van der Waals surface area contributed by atoms with Gasteiger partial charge in [-0.05, 0) is 43.4 Å². The molecule has 0 saturated heterocycles. The molecule has 0 aliphatic rings. The van der Waals surface area contributed by atoms with Gasteiger partial charge in [-0.15, -0.1) is 0 Å². The minimum atomic E-state index is -1.53. The van der Waals surface area contributed by atoms with Crippen molar-refractivity contribution in [2.24, 2.45) is 28.1 Å². The van der Waals surface area contributed by atoms with Gasteiger partial charge in [0, 0.05) is 13.0 Å². The molecular weight excluding hydrogens is 498 g/mol. The Balaban J connectivity index is 3.05. The van der Waals surface area contributed by atoms with Crippen LogP contribution in [0.3, 0.4) is 0 Å². The molecule has 14 nitrogen and oxygen atoms in total. The predicted molar refractivity (Wildman–Crippen MR) is 140 cm³/mol. The van der Waals surface area contributed by atoms with Gasteiger partial charge >= 0.3 is 5.97 Å². The van der Waals surface area contributed by atoms with Crippen molar-refractivity contribution >= 4 is 29.7 Å². The number of nitrogens with one attached hydrogen (secondary N) is 3. The van der Waals surface area contributed by atoms with Crippen molar-refractivity contribution < 1.29 is 34.5 Å². The molecule has 0 aliphatic heterocycles. The third-order valence-corrected chi connectivity index (χ3v) is 5.65. The number of hydrogen-bond donors (Lipinski definition) is 9. The second-order valence-electron chi connectivity index (χ2n) is 9.28. The van der Waals surface area contributed by atoms with E-state index in [0.717, 1.165) is 0 Å². The molecule has 3 amide bonds. The van der Waals surface area contributed by atoms with E-state index in [1.807, 2.05) is 0 Å². The number of carboxylic acid groups (broad SMARTS) is 1. The summed E-state index contributed by atoms with van der Waals surface area (Å²) in [5.41, 5.74) is 17.0. The van der Waals surface area contributed by atoms with Gasteiger partial charge in [-0.1, -0.05) is 26.0 Å². The van der Waals surface area contributed by atoms with Crippen LogP contribution in [0.5, 0.6) is 5.75 Å². The molecule has 0 radical (unpaired) electrons. The van der Waals surface area contributed by atoms with Crippen LogP contribution in [0.1, 0.15) is 39.2 Å². The first-order valence-electron chi connectivity index (χ1n) is 12.1. The summed E-state index contributed by atoms with van der Waals surface area (Å²) in [6, 6.07) is 0.989. The van der Waals surface area contributed by atoms with Crippen molar-refractivity contribution in [2.75, 3.05) is 6.54 Å². The number of carboxylic acids is 1. The number of nitrogens with two attached hydrogens (primary N) is 3. The molecule has 1 aromatic rings. The van der Waals surface area contributed by atoms with Gasteiger partial charge in [0.25, 0.3) is 0 Å². The summed E-state index contributed by atoms with van der Waals surface area (Å²) in [7, 11) is 0. The van der Waals surface area contributed by atoms with E-state index in [1.165, 1.54) is 19.1 Å². The van der Waals surface area contributed by atoms with Crippen molar-refractivity contribution in [1.82, 2.24) is 16.0 Å². The summed E-state index contributed by atoms with van der Waals surface area (Å²) >= 11 is 0. The smallest absolute Gasteiger partial charge is 0.326 e. The maximum atomic E-state index is 13.2. The molecule has 1 aromatic carbocycles. The van der Waals surface area contributed by atoms with E-state index in [0.29, 0.717) is 5.56 Å². The number of aliphatic carboxylic acids is 1. The molecule has 0 aromatic heterocycles. The van der Waals surface area contributed by atoms with Crippen LogP contribution in [-0.4, -0.2) is 81.8 Å². The zero-order chi connectivity index (χ0) is 29.0. The first-order chi connectivity index (χ1) is 17.7. The lowest BCUT2D eigenvalue weighted by molar-refractivity contribution is -0.143. The van der Waals surface area contributed by atoms with Crippen LogP contribution in [-0.2, 0) is 25.6 Å². The van der Waals surface area contributed by atoms with Gasteiger partial charge in [0.05, 0.1) is 12.1 Å². The Morgan fingerprint density at radius 1 is 0.921 bits per heavy atom. The number of benzene rings is 1. The Bertz CT molecular complexity index is 979. The second kappa shape index (κ2) is 15.4. The Labute approximate surface area is 221 Å². The monoisotopic (exact) mass is 537 g/mol. The van der Waals surface area contributed by atoms with E-state index >= 15 is 0 Å². The number of aliphatic hydroxyl groups is 1. The minimum Gasteiger partial charge on any atom is -0.508 e. The number of phenols is 1. The number of phenolic OH excluding ortho intramolecular Hbond substituents is 1. The van der Waals surface area contributed by atoms with Crippen LogP contribution < -0.4 is 33.2 Å². The average molecular weight is 538 g/mol. The van der Waals surface area contributed by atoms with Gasteiger partial charge in [0.1, 0.15) is 23.9 Å². The Morgan fingerprint density at radius 3 is 2.00 bits per heavy atom. The third-order valence-electron chi connectivity index (χ3n) is 5.65. The van der Waals surface area contributed by atoms with E-state index in [-0.39, 0.29) is 43.4 Å². The van der Waals surface area contributed by atoms with Crippen molar-refractivity contribution in [2.45, 2.75) is 70.3 Å². The molecule has 0 heterocycles. The van der Waals surface area contributed by atoms with Gasteiger partial charge in [0.15, 0.2) is 5.96 Å². The lowest BCUT2D eigenvalue weighted by Crippen LogP contribution is -2.60. The van der Waals surface area contributed by atoms with Crippen LogP contribution in [0, 0.1) is 5.92 Å². The Kier molecular flexibility index (Phi) is 13.0. The van der Waals surface area contributed by atoms with Gasteiger partial charge in [-0.3, -0.25) is 19.4 Å². The first kappa shape index (κ1) is 32.1. The fourth-order valence-electron chi connectivity index (χ4n) is 3.33. The molecule has 5 unspecified atom stereocenters. The molecule has 1 rings (SSSR count). The summed E-state index contributed by atoms with van der Waals surface area (Å²) < 4.78 is 0. The van der Waals surface area contributed by atoms with E-state index in [9.17, 15) is 34.5 Å². The number of aromatic hydroxyl groups is 1. The molecule has 0 fully saturated rings. The van der Waals surface area contributed by atoms with Gasteiger partial charge in [-0.2, -0.15) is 0 Å². The number of nitrogens with zero attached hydrogens (tertiary/aromatic N) is 1. The topological polar surface area (TPSA) is 255 Å². The summed E-state index contributed by atoms with van der Waals surface area (Å²) in [6.45, 7) is 4.88. The summed E-state index contributed by atoms with van der Waals surface area (Å²) in [6.07, 6.45) is -1.18. The zero-order valence-electron chi connectivity index (χ0n) is 21.8. The van der Waals surface area contributed by atoms with Crippen LogP contribution in [0.25, 0.3) is 0 Å². The normalized spacial score (nSPS) is 14.9. The molecule has 12 N–H and O–H groups in total. The first-order valence-corrected chi connectivity index (χ1v) is 12.1. The van der Waals surface area contributed by atoms with Crippen molar-refractivity contribution in [1.29, 1.82) is 0 Å². The number of carbonyl (C=O) groups excluding carboxylic acids is 3. The van der Waals surface area contributed by atoms with E-state index in [1.54, 1.807) is 26.0 Å². The fraction of sp³-hybridized carbons (Fsp3) is 0.542. The quantitative estimate of drug-likeness (QED) is 0.0668. The highest BCUT2D eigenvalue weighted by Gasteiger charge is 2.33. The highest BCUT2D eigenvalue weighted by molar-refractivity contribution is 5.94. The number of guanidine groups is 1. The van der Waals surface area contributed by atoms with Crippen LogP contribution in [0.15, 0.2) is 29.3 Å². The Hall–Kier alpha value is -3.91. The maximum Gasteiger partial charge on any atom is 0.326 e. The molecule has 0 spiro atoms. The molecule has 0 bridgehead atoms. The van der Waals surface area contributed by atoms with Crippen molar-refractivity contribution in [3.05, 3.63) is 29.8 Å². The average Bonchev–Trinajstić information content (AvgIpc) is 2.83. The van der Waals surface area contributed by atoms with E-state index in [4.69, 9.17) is 17.2 Å². The molecule has 14 heteroatoms. The highest BCUT2D eigenvalue weighted by atomic mass is 16.4. The minimum absolute atomic E-state index is 0.00897. The number of amides is 3. The number of hydrogen-bond acceptors (Lipinski definition) is 8. The van der Waals surface area contributed by atoms with Crippen molar-refractivity contribution in [3.63, 3.8) is 0 Å². The zero-order valence-corrected chi connectivity index (χ0v) is 21.8. The van der Waals surface area contributed by atoms with Gasteiger partial charge < -0.3 is 48.5 Å². The van der Waals surface area contributed by atoms with Crippen molar-refractivity contribution in [3.8, 4) is 5.75 Å². The van der Waals surface area contributed by atoms with E-state index in [2.05, 4.69) is 20.9 Å². The molecule has 0 aliphatic carbocycles. The SMILES string of the molecule is CC(C)C(N)C(=O)NC(Cc1ccc(O)cc1)C(=O)NC(C(=O)NC(CCCN=C(N)N)C(=O)O)C(C)O. The summed E-state index contributed by atoms with van der Waals surface area (Å²) in [4.78, 5) is 54.0. The largest absolute Gasteiger partial charge is 0.508 e. The van der Waals surface area contributed by atoms with E-state index < -0.39 is 54.0 Å². The number of carbonyl (C=O) groups is 4. The molecule has 212 valence electrons. The molecular formula is C24H39N7O7. The Morgan fingerprint density at radius 2 is 1.50 bits per heavy atom. The third kappa shape index (κ3) is 11.0.